The van der Waals surface area contributed by atoms with Crippen molar-refractivity contribution < 1.29 is 0 Å². The molecule has 7 heteroatoms. The van der Waals surface area contributed by atoms with Crippen LogP contribution in [0.5, 0.6) is 0 Å². The Bertz CT molecular complexity index is 703. The molecule has 0 aromatic carbocycles. The molecular weight excluding hydrogens is 288 g/mol. The van der Waals surface area contributed by atoms with E-state index in [1.807, 2.05) is 24.4 Å². The fourth-order valence-corrected chi connectivity index (χ4v) is 3.09. The SMILES string of the molecule is CCCC(Nc1c(N)n(CC)c(=O)[nH]c1=O)c1cccs1. The van der Waals surface area contributed by atoms with Gasteiger partial charge in [0.1, 0.15) is 11.5 Å². The molecule has 2 heterocycles. The Morgan fingerprint density at radius 3 is 2.76 bits per heavy atom. The summed E-state index contributed by atoms with van der Waals surface area (Å²) in [5, 5.41) is 5.20. The minimum atomic E-state index is -0.478. The molecule has 0 saturated heterocycles. The Labute approximate surface area is 126 Å². The highest BCUT2D eigenvalue weighted by atomic mass is 32.1. The first-order valence-corrected chi connectivity index (χ1v) is 7.88. The van der Waals surface area contributed by atoms with E-state index in [9.17, 15) is 9.59 Å². The first-order valence-electron chi connectivity index (χ1n) is 7.01. The molecule has 2 rings (SSSR count). The average molecular weight is 308 g/mol. The maximum Gasteiger partial charge on any atom is 0.330 e. The van der Waals surface area contributed by atoms with Crippen LogP contribution in [0.3, 0.4) is 0 Å². The van der Waals surface area contributed by atoms with Crippen molar-refractivity contribution in [3.05, 3.63) is 43.2 Å². The lowest BCUT2D eigenvalue weighted by molar-refractivity contribution is 0.674. The molecular formula is C14H20N4O2S. The predicted octanol–water partition coefficient (Wildman–Crippen LogP) is 2.15. The standard InChI is InChI=1S/C14H20N4O2S/c1-3-6-9(10-7-5-8-21-10)16-11-12(15)18(4-2)14(20)17-13(11)19/h5,7-9,16H,3-4,6,15H2,1-2H3,(H,17,19,20). The molecule has 0 aliphatic heterocycles. The van der Waals surface area contributed by atoms with Crippen LogP contribution < -0.4 is 22.3 Å². The molecule has 6 nitrogen and oxygen atoms in total. The average Bonchev–Trinajstić information content (AvgIpc) is 2.96. The third-order valence-electron chi connectivity index (χ3n) is 3.34. The van der Waals surface area contributed by atoms with Gasteiger partial charge in [-0.3, -0.25) is 14.3 Å². The summed E-state index contributed by atoms with van der Waals surface area (Å²) < 4.78 is 1.35. The second-order valence-corrected chi connectivity index (χ2v) is 5.74. The van der Waals surface area contributed by atoms with Crippen molar-refractivity contribution in [1.29, 1.82) is 0 Å². The predicted molar refractivity (Wildman–Crippen MR) is 87.0 cm³/mol. The first kappa shape index (κ1) is 15.4. The molecule has 0 saturated carbocycles. The fourth-order valence-electron chi connectivity index (χ4n) is 2.28. The quantitative estimate of drug-likeness (QED) is 0.762. The van der Waals surface area contributed by atoms with Crippen molar-refractivity contribution in [2.24, 2.45) is 0 Å². The zero-order chi connectivity index (χ0) is 15.4. The lowest BCUT2D eigenvalue weighted by atomic mass is 10.1. The van der Waals surface area contributed by atoms with Gasteiger partial charge in [-0.15, -0.1) is 11.3 Å². The van der Waals surface area contributed by atoms with E-state index in [4.69, 9.17) is 5.73 Å². The number of hydrogen-bond donors (Lipinski definition) is 3. The number of aromatic nitrogens is 2. The zero-order valence-corrected chi connectivity index (χ0v) is 13.0. The van der Waals surface area contributed by atoms with Crippen LogP contribution in [0.1, 0.15) is 37.6 Å². The number of H-pyrrole nitrogens is 1. The molecule has 0 fully saturated rings. The highest BCUT2D eigenvalue weighted by Gasteiger charge is 2.17. The summed E-state index contributed by atoms with van der Waals surface area (Å²) >= 11 is 1.63. The van der Waals surface area contributed by atoms with Gasteiger partial charge >= 0.3 is 5.69 Å². The van der Waals surface area contributed by atoms with E-state index in [2.05, 4.69) is 17.2 Å². The summed E-state index contributed by atoms with van der Waals surface area (Å²) in [6.45, 7) is 4.30. The summed E-state index contributed by atoms with van der Waals surface area (Å²) in [4.78, 5) is 27.2. The van der Waals surface area contributed by atoms with Crippen LogP contribution in [0.15, 0.2) is 27.1 Å². The highest BCUT2D eigenvalue weighted by molar-refractivity contribution is 7.10. The van der Waals surface area contributed by atoms with Gasteiger partial charge in [-0.25, -0.2) is 4.79 Å². The van der Waals surface area contributed by atoms with Crippen LogP contribution in [-0.4, -0.2) is 9.55 Å². The minimum absolute atomic E-state index is 0.0150. The monoisotopic (exact) mass is 308 g/mol. The smallest absolute Gasteiger partial charge is 0.330 e. The molecule has 114 valence electrons. The van der Waals surface area contributed by atoms with Crippen LogP contribution in [0.4, 0.5) is 11.5 Å². The number of anilines is 2. The minimum Gasteiger partial charge on any atom is -0.383 e. The van der Waals surface area contributed by atoms with Crippen molar-refractivity contribution >= 4 is 22.8 Å². The van der Waals surface area contributed by atoms with Crippen molar-refractivity contribution in [2.45, 2.75) is 39.3 Å². The number of nitrogens with two attached hydrogens (primary N) is 1. The first-order chi connectivity index (χ1) is 10.1. The van der Waals surface area contributed by atoms with E-state index >= 15 is 0 Å². The topological polar surface area (TPSA) is 92.9 Å². The van der Waals surface area contributed by atoms with Crippen molar-refractivity contribution in [3.63, 3.8) is 0 Å². The lowest BCUT2D eigenvalue weighted by Crippen LogP contribution is -2.34. The van der Waals surface area contributed by atoms with Crippen LogP contribution in [0, 0.1) is 0 Å². The molecule has 0 radical (unpaired) electrons. The Morgan fingerprint density at radius 1 is 1.43 bits per heavy atom. The molecule has 1 atom stereocenters. The summed E-state index contributed by atoms with van der Waals surface area (Å²) in [6, 6.07) is 4.02. The van der Waals surface area contributed by atoms with E-state index in [-0.39, 0.29) is 17.5 Å². The van der Waals surface area contributed by atoms with E-state index in [1.165, 1.54) is 4.57 Å². The number of nitrogens with zero attached hydrogens (tertiary/aromatic N) is 1. The van der Waals surface area contributed by atoms with Gasteiger partial charge in [-0.2, -0.15) is 0 Å². The maximum atomic E-state index is 12.0. The van der Waals surface area contributed by atoms with Crippen LogP contribution >= 0.6 is 11.3 Å². The van der Waals surface area contributed by atoms with Gasteiger partial charge in [0.15, 0.2) is 0 Å². The zero-order valence-electron chi connectivity index (χ0n) is 12.2. The third-order valence-corrected chi connectivity index (χ3v) is 4.32. The van der Waals surface area contributed by atoms with Crippen LogP contribution in [-0.2, 0) is 6.54 Å². The number of nitrogens with one attached hydrogen (secondary N) is 2. The van der Waals surface area contributed by atoms with Crippen LogP contribution in [0.25, 0.3) is 0 Å². The lowest BCUT2D eigenvalue weighted by Gasteiger charge is -2.19. The molecule has 1 unspecified atom stereocenters. The Hall–Kier alpha value is -2.02. The highest BCUT2D eigenvalue weighted by Crippen LogP contribution is 2.27. The van der Waals surface area contributed by atoms with E-state index in [0.29, 0.717) is 6.54 Å². The van der Waals surface area contributed by atoms with Gasteiger partial charge in [0.05, 0.1) is 6.04 Å². The Kier molecular flexibility index (Phi) is 4.85. The van der Waals surface area contributed by atoms with Gasteiger partial charge in [0, 0.05) is 11.4 Å². The molecule has 0 aliphatic carbocycles. The maximum absolute atomic E-state index is 12.0. The van der Waals surface area contributed by atoms with Crippen molar-refractivity contribution in [3.8, 4) is 0 Å². The largest absolute Gasteiger partial charge is 0.383 e. The molecule has 0 amide bonds. The molecule has 0 aliphatic rings. The van der Waals surface area contributed by atoms with Gasteiger partial charge in [-0.05, 0) is 24.8 Å². The third kappa shape index (κ3) is 3.18. The number of rotatable bonds is 6. The van der Waals surface area contributed by atoms with E-state index < -0.39 is 11.2 Å². The normalized spacial score (nSPS) is 12.3. The molecule has 2 aromatic rings. The van der Waals surface area contributed by atoms with Gasteiger partial charge in [0.25, 0.3) is 5.56 Å². The number of thiophene rings is 1. The van der Waals surface area contributed by atoms with Gasteiger partial charge in [-0.1, -0.05) is 19.4 Å². The number of hydrogen-bond acceptors (Lipinski definition) is 5. The number of aromatic amines is 1. The van der Waals surface area contributed by atoms with Crippen LogP contribution in [0.2, 0.25) is 0 Å². The Morgan fingerprint density at radius 2 is 2.19 bits per heavy atom. The molecule has 0 spiro atoms. The fraction of sp³-hybridized carbons (Fsp3) is 0.429. The van der Waals surface area contributed by atoms with Gasteiger partial charge < -0.3 is 11.1 Å². The molecule has 2 aromatic heterocycles. The molecule has 0 bridgehead atoms. The molecule has 21 heavy (non-hydrogen) atoms. The Balaban J connectivity index is 2.42. The van der Waals surface area contributed by atoms with Crippen molar-refractivity contribution in [2.75, 3.05) is 11.1 Å². The second-order valence-electron chi connectivity index (χ2n) is 4.76. The molecule has 4 N–H and O–H groups in total. The van der Waals surface area contributed by atoms with E-state index in [0.717, 1.165) is 17.7 Å². The summed E-state index contributed by atoms with van der Waals surface area (Å²) in [7, 11) is 0. The summed E-state index contributed by atoms with van der Waals surface area (Å²) in [6.07, 6.45) is 1.85. The number of nitrogen functional groups attached to an aromatic ring is 1. The van der Waals surface area contributed by atoms with Gasteiger partial charge in [0.2, 0.25) is 0 Å². The second kappa shape index (κ2) is 6.62. The summed E-state index contributed by atoms with van der Waals surface area (Å²) in [5.41, 5.74) is 5.29. The van der Waals surface area contributed by atoms with E-state index in [1.54, 1.807) is 11.3 Å². The van der Waals surface area contributed by atoms with Crippen molar-refractivity contribution in [1.82, 2.24) is 9.55 Å². The summed E-state index contributed by atoms with van der Waals surface area (Å²) in [5.74, 6) is 0.184.